The Labute approximate surface area is 114 Å². The van der Waals surface area contributed by atoms with Gasteiger partial charge in [0.2, 0.25) is 0 Å². The van der Waals surface area contributed by atoms with E-state index in [0.717, 1.165) is 0 Å². The second-order valence-corrected chi connectivity index (χ2v) is 3.91. The molecule has 0 fully saturated rings. The van der Waals surface area contributed by atoms with E-state index in [9.17, 15) is 4.79 Å². The third-order valence-corrected chi connectivity index (χ3v) is 2.53. The molecule has 0 amide bonds. The Kier molecular flexibility index (Phi) is 8.97. The maximum atomic E-state index is 10.8. The quantitative estimate of drug-likeness (QED) is 0.521. The third kappa shape index (κ3) is 6.42. The van der Waals surface area contributed by atoms with Crippen molar-refractivity contribution in [2.24, 2.45) is 5.73 Å². The van der Waals surface area contributed by atoms with Crippen molar-refractivity contribution in [1.29, 1.82) is 0 Å². The summed E-state index contributed by atoms with van der Waals surface area (Å²) < 4.78 is 4.48. The van der Waals surface area contributed by atoms with E-state index >= 15 is 0 Å². The van der Waals surface area contributed by atoms with Crippen LogP contribution in [0.2, 0.25) is 0 Å². The van der Waals surface area contributed by atoms with Crippen LogP contribution < -0.4 is 5.73 Å². The molecule has 0 spiro atoms. The number of rotatable bonds is 3. The van der Waals surface area contributed by atoms with Crippen molar-refractivity contribution in [3.8, 4) is 0 Å². The van der Waals surface area contributed by atoms with E-state index in [0.29, 0.717) is 11.5 Å². The summed E-state index contributed by atoms with van der Waals surface area (Å²) in [6.07, 6.45) is 1.66. The van der Waals surface area contributed by atoms with Gasteiger partial charge >= 0.3 is 5.97 Å². The molecule has 3 nitrogen and oxygen atoms in total. The van der Waals surface area contributed by atoms with Gasteiger partial charge in [-0.05, 0) is 19.4 Å². The second kappa shape index (κ2) is 9.68. The summed E-state index contributed by atoms with van der Waals surface area (Å²) in [5, 5.41) is 0. The molecule has 0 bridgehead atoms. The van der Waals surface area contributed by atoms with E-state index in [4.69, 9.17) is 17.3 Å². The van der Waals surface area contributed by atoms with Crippen LogP contribution in [0.5, 0.6) is 0 Å². The van der Waals surface area contributed by atoms with Gasteiger partial charge in [-0.2, -0.15) is 0 Å². The minimum absolute atomic E-state index is 0.252. The summed E-state index contributed by atoms with van der Waals surface area (Å²) in [4.78, 5) is 10.8. The van der Waals surface area contributed by atoms with Gasteiger partial charge in [0.05, 0.1) is 7.11 Å². The molecule has 0 aliphatic carbocycles. The van der Waals surface area contributed by atoms with Crippen molar-refractivity contribution in [2.45, 2.75) is 25.8 Å². The summed E-state index contributed by atoms with van der Waals surface area (Å²) in [7, 11) is 1.34. The largest absolute Gasteiger partial charge is 0.466 e. The standard InChI is InChI=1S/C7H7Cl.C7H13NO2/c8-6-7-4-2-1-3-5-7;1-4-6(5(2)8)7(9)10-3/h1-5H,6H2;4-5H,8H2,1-3H3. The lowest BCUT2D eigenvalue weighted by molar-refractivity contribution is -0.136. The number of methoxy groups -OCH3 is 1. The number of esters is 1. The van der Waals surface area contributed by atoms with Crippen molar-refractivity contribution in [3.63, 3.8) is 0 Å². The summed E-state index contributed by atoms with van der Waals surface area (Å²) >= 11 is 5.53. The number of allylic oxidation sites excluding steroid dienone is 1. The number of alkyl halides is 1. The molecule has 0 saturated carbocycles. The highest BCUT2D eigenvalue weighted by molar-refractivity contribution is 6.17. The molecule has 0 heterocycles. The SMILES string of the molecule is CC=C(C(=O)OC)C(C)N.ClCc1ccccc1. The molecule has 0 radical (unpaired) electrons. The van der Waals surface area contributed by atoms with Gasteiger partial charge in [0.15, 0.2) is 0 Å². The Morgan fingerprint density at radius 3 is 2.22 bits per heavy atom. The Morgan fingerprint density at radius 2 is 2.00 bits per heavy atom. The number of carbonyl (C=O) groups excluding carboxylic acids is 1. The fraction of sp³-hybridized carbons (Fsp3) is 0.357. The zero-order valence-corrected chi connectivity index (χ0v) is 11.8. The highest BCUT2D eigenvalue weighted by atomic mass is 35.5. The first-order valence-electron chi connectivity index (χ1n) is 5.66. The number of benzene rings is 1. The Balaban J connectivity index is 0.000000327. The van der Waals surface area contributed by atoms with Gasteiger partial charge in [-0.3, -0.25) is 0 Å². The molecule has 4 heteroatoms. The van der Waals surface area contributed by atoms with E-state index in [1.165, 1.54) is 12.7 Å². The molecule has 100 valence electrons. The molecule has 1 rings (SSSR count). The number of hydrogen-bond donors (Lipinski definition) is 1. The predicted octanol–water partition coefficient (Wildman–Crippen LogP) is 2.88. The van der Waals surface area contributed by atoms with Gasteiger partial charge in [0, 0.05) is 17.5 Å². The van der Waals surface area contributed by atoms with E-state index in [1.807, 2.05) is 30.3 Å². The summed E-state index contributed by atoms with van der Waals surface area (Å²) in [6.45, 7) is 3.50. The molecule has 0 aliphatic heterocycles. The molecule has 0 saturated heterocycles. The average molecular weight is 270 g/mol. The topological polar surface area (TPSA) is 52.3 Å². The van der Waals surface area contributed by atoms with Gasteiger partial charge in [0.1, 0.15) is 0 Å². The van der Waals surface area contributed by atoms with E-state index in [-0.39, 0.29) is 12.0 Å². The Hall–Kier alpha value is -1.32. The minimum Gasteiger partial charge on any atom is -0.466 e. The molecule has 2 N–H and O–H groups in total. The zero-order chi connectivity index (χ0) is 14.0. The summed E-state index contributed by atoms with van der Waals surface area (Å²) in [5.41, 5.74) is 7.15. The molecule has 1 aromatic carbocycles. The van der Waals surface area contributed by atoms with Crippen molar-refractivity contribution >= 4 is 17.6 Å². The molecule has 1 aromatic rings. The lowest BCUT2D eigenvalue weighted by atomic mass is 10.1. The van der Waals surface area contributed by atoms with Crippen molar-refractivity contribution in [3.05, 3.63) is 47.5 Å². The number of ether oxygens (including phenoxy) is 1. The van der Waals surface area contributed by atoms with Gasteiger partial charge in [-0.1, -0.05) is 36.4 Å². The van der Waals surface area contributed by atoms with Gasteiger partial charge < -0.3 is 10.5 Å². The van der Waals surface area contributed by atoms with Gasteiger partial charge in [-0.15, -0.1) is 11.6 Å². The van der Waals surface area contributed by atoms with Crippen LogP contribution in [0.25, 0.3) is 0 Å². The first-order chi connectivity index (χ1) is 8.56. The van der Waals surface area contributed by atoms with Crippen LogP contribution in [0.4, 0.5) is 0 Å². The minimum atomic E-state index is -0.350. The molecular weight excluding hydrogens is 250 g/mol. The zero-order valence-electron chi connectivity index (χ0n) is 11.0. The number of carbonyl (C=O) groups is 1. The smallest absolute Gasteiger partial charge is 0.334 e. The van der Waals surface area contributed by atoms with Crippen LogP contribution in [0, 0.1) is 0 Å². The van der Waals surface area contributed by atoms with E-state index in [1.54, 1.807) is 19.9 Å². The maximum absolute atomic E-state index is 10.8. The molecule has 0 aliphatic rings. The van der Waals surface area contributed by atoms with Crippen molar-refractivity contribution in [1.82, 2.24) is 0 Å². The van der Waals surface area contributed by atoms with Crippen molar-refractivity contribution in [2.75, 3.05) is 7.11 Å². The average Bonchev–Trinajstić information content (AvgIpc) is 2.40. The summed E-state index contributed by atoms with van der Waals surface area (Å²) in [5.74, 6) is 0.262. The highest BCUT2D eigenvalue weighted by Gasteiger charge is 2.11. The van der Waals surface area contributed by atoms with Crippen LogP contribution in [0.3, 0.4) is 0 Å². The Bertz CT molecular complexity index is 375. The fourth-order valence-electron chi connectivity index (χ4n) is 1.25. The Morgan fingerprint density at radius 1 is 1.44 bits per heavy atom. The number of halogens is 1. The molecule has 1 atom stereocenters. The van der Waals surface area contributed by atoms with E-state index in [2.05, 4.69) is 4.74 Å². The van der Waals surface area contributed by atoms with Crippen molar-refractivity contribution < 1.29 is 9.53 Å². The second-order valence-electron chi connectivity index (χ2n) is 3.64. The molecule has 0 aromatic heterocycles. The number of nitrogens with two attached hydrogens (primary N) is 1. The van der Waals surface area contributed by atoms with Crippen LogP contribution >= 0.6 is 11.6 Å². The van der Waals surface area contributed by atoms with Gasteiger partial charge in [0.25, 0.3) is 0 Å². The molecule has 1 unspecified atom stereocenters. The van der Waals surface area contributed by atoms with Crippen LogP contribution in [-0.2, 0) is 15.4 Å². The highest BCUT2D eigenvalue weighted by Crippen LogP contribution is 2.01. The third-order valence-electron chi connectivity index (χ3n) is 2.22. The van der Waals surface area contributed by atoms with Gasteiger partial charge in [-0.25, -0.2) is 4.79 Å². The number of hydrogen-bond acceptors (Lipinski definition) is 3. The monoisotopic (exact) mass is 269 g/mol. The lowest BCUT2D eigenvalue weighted by Gasteiger charge is -2.06. The fourth-order valence-corrected chi connectivity index (χ4v) is 1.43. The van der Waals surface area contributed by atoms with E-state index < -0.39 is 0 Å². The van der Waals surface area contributed by atoms with Crippen LogP contribution in [0.15, 0.2) is 42.0 Å². The normalized spacial score (nSPS) is 12.2. The maximum Gasteiger partial charge on any atom is 0.334 e. The molecule has 18 heavy (non-hydrogen) atoms. The molecular formula is C14H20ClNO2. The van der Waals surface area contributed by atoms with Crippen LogP contribution in [0.1, 0.15) is 19.4 Å². The first kappa shape index (κ1) is 16.7. The predicted molar refractivity (Wildman–Crippen MR) is 75.4 cm³/mol. The lowest BCUT2D eigenvalue weighted by Crippen LogP contribution is -2.24. The first-order valence-corrected chi connectivity index (χ1v) is 6.20. The van der Waals surface area contributed by atoms with Crippen LogP contribution in [-0.4, -0.2) is 19.1 Å². The summed E-state index contributed by atoms with van der Waals surface area (Å²) in [6, 6.07) is 9.71.